The summed E-state index contributed by atoms with van der Waals surface area (Å²) < 4.78 is 5.29. The fourth-order valence-electron chi connectivity index (χ4n) is 2.80. The molecule has 0 aromatic heterocycles. The largest absolute Gasteiger partial charge is 0.494 e. The first-order valence-electron chi connectivity index (χ1n) is 8.04. The molecule has 3 nitrogen and oxygen atoms in total. The molecule has 1 N–H and O–H groups in total. The number of benzene rings is 3. The number of hydrogen-bond donors (Lipinski definition) is 1. The van der Waals surface area contributed by atoms with Crippen LogP contribution in [0, 0.1) is 0 Å². The van der Waals surface area contributed by atoms with Gasteiger partial charge in [0.15, 0.2) is 5.75 Å². The normalized spacial score (nSPS) is 10.6. The van der Waals surface area contributed by atoms with Crippen LogP contribution in [-0.4, -0.2) is 13.0 Å². The Kier molecular flexibility index (Phi) is 5.82. The van der Waals surface area contributed by atoms with Crippen molar-refractivity contribution >= 4 is 29.1 Å². The van der Waals surface area contributed by atoms with Crippen LogP contribution in [0.15, 0.2) is 72.8 Å². The van der Waals surface area contributed by atoms with Crippen molar-refractivity contribution in [1.29, 1.82) is 0 Å². The zero-order valence-electron chi connectivity index (χ0n) is 14.1. The fraction of sp³-hybridized carbons (Fsp3) is 0.0952. The van der Waals surface area contributed by atoms with Crippen molar-refractivity contribution in [3.05, 3.63) is 99.5 Å². The molecule has 0 aliphatic heterocycles. The molecule has 3 aromatic rings. The molecule has 0 aliphatic carbocycles. The van der Waals surface area contributed by atoms with Crippen molar-refractivity contribution in [2.75, 3.05) is 7.11 Å². The molecule has 132 valence electrons. The molecule has 3 aromatic carbocycles. The molecule has 0 spiro atoms. The minimum Gasteiger partial charge on any atom is -0.494 e. The van der Waals surface area contributed by atoms with Gasteiger partial charge in [0, 0.05) is 0 Å². The molecule has 0 unspecified atom stereocenters. The van der Waals surface area contributed by atoms with Crippen LogP contribution in [0.2, 0.25) is 10.0 Å². The maximum Gasteiger partial charge on any atom is 0.257 e. The molecule has 0 atom stereocenters. The number of halogens is 2. The predicted molar refractivity (Wildman–Crippen MR) is 105 cm³/mol. The highest BCUT2D eigenvalue weighted by Gasteiger charge is 2.23. The SMILES string of the molecule is COc1c(Cl)ccc(Cl)c1C(=O)NC(c1ccccc1)c1ccccc1. The van der Waals surface area contributed by atoms with Gasteiger partial charge in [0.25, 0.3) is 5.91 Å². The molecular formula is C21H17Cl2NO2. The quantitative estimate of drug-likeness (QED) is 0.627. The summed E-state index contributed by atoms with van der Waals surface area (Å²) in [6.45, 7) is 0. The van der Waals surface area contributed by atoms with Gasteiger partial charge in [0.05, 0.1) is 23.2 Å². The van der Waals surface area contributed by atoms with Gasteiger partial charge in [-0.05, 0) is 23.3 Å². The van der Waals surface area contributed by atoms with Crippen LogP contribution in [-0.2, 0) is 0 Å². The second-order valence-corrected chi connectivity index (χ2v) is 6.48. The monoisotopic (exact) mass is 385 g/mol. The van der Waals surface area contributed by atoms with Gasteiger partial charge in [-0.15, -0.1) is 0 Å². The topological polar surface area (TPSA) is 38.3 Å². The number of ether oxygens (including phenoxy) is 1. The van der Waals surface area contributed by atoms with Gasteiger partial charge in [0.2, 0.25) is 0 Å². The molecule has 0 aliphatic rings. The molecule has 26 heavy (non-hydrogen) atoms. The standard InChI is InChI=1S/C21H17Cl2NO2/c1-26-20-17(23)13-12-16(22)18(20)21(25)24-19(14-8-4-2-5-9-14)15-10-6-3-7-11-15/h2-13,19H,1H3,(H,24,25). The first kappa shape index (κ1) is 18.3. The number of carbonyl (C=O) groups excluding carboxylic acids is 1. The summed E-state index contributed by atoms with van der Waals surface area (Å²) in [5, 5.41) is 3.66. The van der Waals surface area contributed by atoms with Gasteiger partial charge in [-0.3, -0.25) is 4.79 Å². The van der Waals surface area contributed by atoms with Crippen molar-refractivity contribution in [3.63, 3.8) is 0 Å². The summed E-state index contributed by atoms with van der Waals surface area (Å²) in [6.07, 6.45) is 0. The second-order valence-electron chi connectivity index (χ2n) is 5.67. The molecule has 0 radical (unpaired) electrons. The second kappa shape index (κ2) is 8.26. The summed E-state index contributed by atoms with van der Waals surface area (Å²) in [7, 11) is 1.46. The average Bonchev–Trinajstić information content (AvgIpc) is 2.68. The van der Waals surface area contributed by atoms with Gasteiger partial charge in [-0.1, -0.05) is 83.9 Å². The molecule has 1 amide bonds. The number of carbonyl (C=O) groups is 1. The molecule has 0 fully saturated rings. The first-order chi connectivity index (χ1) is 12.6. The Balaban J connectivity index is 2.01. The third-order valence-corrected chi connectivity index (χ3v) is 4.64. The van der Waals surface area contributed by atoms with Crippen LogP contribution < -0.4 is 10.1 Å². The van der Waals surface area contributed by atoms with E-state index in [2.05, 4.69) is 5.32 Å². The number of rotatable bonds is 5. The summed E-state index contributed by atoms with van der Waals surface area (Å²) in [4.78, 5) is 13.0. The molecule has 5 heteroatoms. The first-order valence-corrected chi connectivity index (χ1v) is 8.80. The molecule has 0 saturated heterocycles. The Morgan fingerprint density at radius 1 is 0.846 bits per heavy atom. The van der Waals surface area contributed by atoms with Crippen LogP contribution in [0.1, 0.15) is 27.5 Å². The Morgan fingerprint density at radius 3 is 1.85 bits per heavy atom. The lowest BCUT2D eigenvalue weighted by atomic mass is 9.98. The molecule has 3 rings (SSSR count). The highest BCUT2D eigenvalue weighted by atomic mass is 35.5. The Labute approximate surface area is 162 Å². The minimum atomic E-state index is -0.355. The van der Waals surface area contributed by atoms with Crippen LogP contribution >= 0.6 is 23.2 Å². The smallest absolute Gasteiger partial charge is 0.257 e. The van der Waals surface area contributed by atoms with Gasteiger partial charge in [0.1, 0.15) is 5.56 Å². The number of nitrogens with one attached hydrogen (secondary N) is 1. The van der Waals surface area contributed by atoms with Crippen LogP contribution in [0.3, 0.4) is 0 Å². The molecule has 0 heterocycles. The lowest BCUT2D eigenvalue weighted by Gasteiger charge is -2.21. The van der Waals surface area contributed by atoms with E-state index in [1.807, 2.05) is 60.7 Å². The van der Waals surface area contributed by atoms with E-state index in [0.717, 1.165) is 11.1 Å². The number of amides is 1. The van der Waals surface area contributed by atoms with Crippen molar-refractivity contribution < 1.29 is 9.53 Å². The average molecular weight is 386 g/mol. The Bertz CT molecular complexity index is 859. The van der Waals surface area contributed by atoms with E-state index >= 15 is 0 Å². The lowest BCUT2D eigenvalue weighted by molar-refractivity contribution is 0.0940. The van der Waals surface area contributed by atoms with Gasteiger partial charge in [-0.25, -0.2) is 0 Å². The molecular weight excluding hydrogens is 369 g/mol. The fourth-order valence-corrected chi connectivity index (χ4v) is 3.27. The Morgan fingerprint density at radius 2 is 1.35 bits per heavy atom. The van der Waals surface area contributed by atoms with E-state index in [0.29, 0.717) is 5.02 Å². The van der Waals surface area contributed by atoms with Crippen LogP contribution in [0.4, 0.5) is 0 Å². The van der Waals surface area contributed by atoms with Crippen LogP contribution in [0.5, 0.6) is 5.75 Å². The van der Waals surface area contributed by atoms with E-state index < -0.39 is 0 Å². The van der Waals surface area contributed by atoms with Gasteiger partial charge in [-0.2, -0.15) is 0 Å². The number of methoxy groups -OCH3 is 1. The summed E-state index contributed by atoms with van der Waals surface area (Å²) in [5.41, 5.74) is 2.15. The highest BCUT2D eigenvalue weighted by Crippen LogP contribution is 2.34. The zero-order valence-corrected chi connectivity index (χ0v) is 15.6. The predicted octanol–water partition coefficient (Wildman–Crippen LogP) is 5.52. The summed E-state index contributed by atoms with van der Waals surface area (Å²) >= 11 is 12.4. The maximum atomic E-state index is 13.0. The summed E-state index contributed by atoms with van der Waals surface area (Å²) in [6, 6.07) is 22.3. The number of hydrogen-bond acceptors (Lipinski definition) is 2. The molecule has 0 saturated carbocycles. The Hall–Kier alpha value is -2.49. The van der Waals surface area contributed by atoms with E-state index in [-0.39, 0.29) is 28.3 Å². The van der Waals surface area contributed by atoms with Crippen LogP contribution in [0.25, 0.3) is 0 Å². The zero-order chi connectivity index (χ0) is 18.5. The van der Waals surface area contributed by atoms with Crippen molar-refractivity contribution in [2.24, 2.45) is 0 Å². The highest BCUT2D eigenvalue weighted by molar-refractivity contribution is 6.37. The van der Waals surface area contributed by atoms with Crippen molar-refractivity contribution in [2.45, 2.75) is 6.04 Å². The van der Waals surface area contributed by atoms with Gasteiger partial charge >= 0.3 is 0 Å². The molecule has 0 bridgehead atoms. The van der Waals surface area contributed by atoms with E-state index in [1.165, 1.54) is 7.11 Å². The third kappa shape index (κ3) is 3.85. The van der Waals surface area contributed by atoms with Crippen molar-refractivity contribution in [3.8, 4) is 5.75 Å². The summed E-state index contributed by atoms with van der Waals surface area (Å²) in [5.74, 6) is -0.0939. The van der Waals surface area contributed by atoms with Crippen molar-refractivity contribution in [1.82, 2.24) is 5.32 Å². The van der Waals surface area contributed by atoms with E-state index in [9.17, 15) is 4.79 Å². The lowest BCUT2D eigenvalue weighted by Crippen LogP contribution is -2.30. The maximum absolute atomic E-state index is 13.0. The third-order valence-electron chi connectivity index (χ3n) is 4.03. The minimum absolute atomic E-state index is 0.221. The van der Waals surface area contributed by atoms with E-state index in [1.54, 1.807) is 12.1 Å². The van der Waals surface area contributed by atoms with Gasteiger partial charge < -0.3 is 10.1 Å². The van der Waals surface area contributed by atoms with E-state index in [4.69, 9.17) is 27.9 Å².